The van der Waals surface area contributed by atoms with Crippen LogP contribution in [0, 0.1) is 20.8 Å². The maximum absolute atomic E-state index is 10.3. The monoisotopic (exact) mass is 280 g/mol. The maximum Gasteiger partial charge on any atom is 0.0937 e. The van der Waals surface area contributed by atoms with E-state index in [9.17, 15) is 5.11 Å². The number of aryl methyl sites for hydroxylation is 3. The van der Waals surface area contributed by atoms with Gasteiger partial charge in [0.2, 0.25) is 0 Å². The Morgan fingerprint density at radius 1 is 1.17 bits per heavy atom. The third kappa shape index (κ3) is 2.61. The molecule has 2 rings (SSSR count). The lowest BCUT2D eigenvalue weighted by Crippen LogP contribution is -2.03. The predicted molar refractivity (Wildman–Crippen MR) is 78.6 cm³/mol. The van der Waals surface area contributed by atoms with Crippen LogP contribution in [0.25, 0.3) is 0 Å². The summed E-state index contributed by atoms with van der Waals surface area (Å²) in [5.41, 5.74) is 4.70. The minimum atomic E-state index is -0.518. The van der Waals surface area contributed by atoms with Crippen molar-refractivity contribution >= 4 is 22.9 Å². The van der Waals surface area contributed by atoms with E-state index in [-0.39, 0.29) is 0 Å². The Balaban J connectivity index is 2.27. The second-order valence-electron chi connectivity index (χ2n) is 4.69. The first-order chi connectivity index (χ1) is 8.50. The van der Waals surface area contributed by atoms with Gasteiger partial charge in [-0.1, -0.05) is 29.8 Å². The van der Waals surface area contributed by atoms with E-state index in [2.05, 4.69) is 26.0 Å². The molecule has 1 N–H and O–H groups in total. The molecule has 18 heavy (non-hydrogen) atoms. The van der Waals surface area contributed by atoms with Crippen LogP contribution in [0.2, 0.25) is 5.02 Å². The highest BCUT2D eigenvalue weighted by atomic mass is 35.5. The molecular weight excluding hydrogens is 264 g/mol. The van der Waals surface area contributed by atoms with Crippen LogP contribution in [0.4, 0.5) is 0 Å². The molecule has 0 amide bonds. The van der Waals surface area contributed by atoms with E-state index in [0.29, 0.717) is 11.4 Å². The van der Waals surface area contributed by atoms with Gasteiger partial charge in [-0.05, 0) is 48.4 Å². The molecule has 96 valence electrons. The van der Waals surface area contributed by atoms with Crippen LogP contribution in [-0.4, -0.2) is 5.11 Å². The molecule has 1 aromatic carbocycles. The largest absolute Gasteiger partial charge is 0.387 e. The molecule has 1 heterocycles. The van der Waals surface area contributed by atoms with Crippen LogP contribution in [0.1, 0.15) is 33.2 Å². The molecule has 0 radical (unpaired) electrons. The Kier molecular flexibility index (Phi) is 4.10. The zero-order valence-corrected chi connectivity index (χ0v) is 12.4. The smallest absolute Gasteiger partial charge is 0.0937 e. The molecule has 0 bridgehead atoms. The van der Waals surface area contributed by atoms with E-state index < -0.39 is 6.10 Å². The predicted octanol–water partition coefficient (Wildman–Crippen LogP) is 4.60. The standard InChI is InChI=1S/C15H17ClOS/c1-9-5-4-6-10(2)12(9)7-13(17)15-14(16)11(3)8-18-15/h4-6,8,13,17H,7H2,1-3H3. The van der Waals surface area contributed by atoms with Gasteiger partial charge < -0.3 is 5.11 Å². The van der Waals surface area contributed by atoms with Crippen LogP contribution in [-0.2, 0) is 6.42 Å². The number of hydrogen-bond donors (Lipinski definition) is 1. The highest BCUT2D eigenvalue weighted by molar-refractivity contribution is 7.10. The van der Waals surface area contributed by atoms with Crippen molar-refractivity contribution in [1.29, 1.82) is 0 Å². The fourth-order valence-electron chi connectivity index (χ4n) is 2.13. The molecule has 1 unspecified atom stereocenters. The fraction of sp³-hybridized carbons (Fsp3) is 0.333. The third-order valence-corrected chi connectivity index (χ3v) is 5.09. The molecule has 0 saturated carbocycles. The van der Waals surface area contributed by atoms with Crippen LogP contribution < -0.4 is 0 Å². The van der Waals surface area contributed by atoms with Crippen molar-refractivity contribution in [1.82, 2.24) is 0 Å². The van der Waals surface area contributed by atoms with Gasteiger partial charge in [-0.3, -0.25) is 0 Å². The molecule has 0 saturated heterocycles. The van der Waals surface area contributed by atoms with Crippen LogP contribution in [0.15, 0.2) is 23.6 Å². The average molecular weight is 281 g/mol. The quantitative estimate of drug-likeness (QED) is 0.871. The Hall–Kier alpha value is -0.830. The number of halogens is 1. The summed E-state index contributed by atoms with van der Waals surface area (Å²) < 4.78 is 0. The fourth-order valence-corrected chi connectivity index (χ4v) is 3.44. The van der Waals surface area contributed by atoms with Gasteiger partial charge in [0.25, 0.3) is 0 Å². The van der Waals surface area contributed by atoms with Gasteiger partial charge >= 0.3 is 0 Å². The normalized spacial score (nSPS) is 12.7. The molecule has 2 aromatic rings. The molecular formula is C15H17ClOS. The van der Waals surface area contributed by atoms with E-state index in [4.69, 9.17) is 11.6 Å². The second kappa shape index (κ2) is 5.43. The van der Waals surface area contributed by atoms with Gasteiger partial charge in [-0.2, -0.15) is 0 Å². The number of rotatable bonds is 3. The molecule has 0 fully saturated rings. The van der Waals surface area contributed by atoms with E-state index >= 15 is 0 Å². The summed E-state index contributed by atoms with van der Waals surface area (Å²) in [5.74, 6) is 0. The van der Waals surface area contributed by atoms with Crippen LogP contribution in [0.5, 0.6) is 0 Å². The van der Waals surface area contributed by atoms with Crippen molar-refractivity contribution in [3.63, 3.8) is 0 Å². The number of aliphatic hydroxyl groups excluding tert-OH is 1. The van der Waals surface area contributed by atoms with Crippen LogP contribution in [0.3, 0.4) is 0 Å². The van der Waals surface area contributed by atoms with Crippen molar-refractivity contribution in [2.75, 3.05) is 0 Å². The summed E-state index contributed by atoms with van der Waals surface area (Å²) in [6, 6.07) is 6.20. The molecule has 1 atom stereocenters. The molecule has 0 aliphatic heterocycles. The minimum Gasteiger partial charge on any atom is -0.387 e. The number of aliphatic hydroxyl groups is 1. The summed E-state index contributed by atoms with van der Waals surface area (Å²) >= 11 is 7.73. The van der Waals surface area contributed by atoms with Gasteiger partial charge in [0.1, 0.15) is 0 Å². The third-order valence-electron chi connectivity index (χ3n) is 3.27. The maximum atomic E-state index is 10.3. The molecule has 3 heteroatoms. The Labute approximate surface area is 117 Å². The summed E-state index contributed by atoms with van der Waals surface area (Å²) in [5, 5.41) is 13.0. The van der Waals surface area contributed by atoms with E-state index in [1.54, 1.807) is 0 Å². The van der Waals surface area contributed by atoms with E-state index in [1.165, 1.54) is 28.0 Å². The van der Waals surface area contributed by atoms with E-state index in [0.717, 1.165) is 10.4 Å². The number of hydrogen-bond acceptors (Lipinski definition) is 2. The minimum absolute atomic E-state index is 0.518. The first kappa shape index (κ1) is 13.6. The number of thiophene rings is 1. The SMILES string of the molecule is Cc1csc(C(O)Cc2c(C)cccc2C)c1Cl. The molecule has 0 aliphatic carbocycles. The summed E-state index contributed by atoms with van der Waals surface area (Å²) in [7, 11) is 0. The summed E-state index contributed by atoms with van der Waals surface area (Å²) in [4.78, 5) is 0.872. The van der Waals surface area contributed by atoms with Crippen molar-refractivity contribution in [2.24, 2.45) is 0 Å². The first-order valence-corrected chi connectivity index (χ1v) is 7.23. The average Bonchev–Trinajstić information content (AvgIpc) is 2.65. The first-order valence-electron chi connectivity index (χ1n) is 5.97. The lowest BCUT2D eigenvalue weighted by atomic mass is 9.97. The second-order valence-corrected chi connectivity index (χ2v) is 5.98. The molecule has 1 aromatic heterocycles. The van der Waals surface area contributed by atoms with Gasteiger partial charge in [0.05, 0.1) is 16.0 Å². The molecule has 0 spiro atoms. The number of benzene rings is 1. The van der Waals surface area contributed by atoms with Gasteiger partial charge in [-0.25, -0.2) is 0 Å². The molecule has 1 nitrogen and oxygen atoms in total. The van der Waals surface area contributed by atoms with Crippen molar-refractivity contribution < 1.29 is 5.11 Å². The van der Waals surface area contributed by atoms with E-state index in [1.807, 2.05) is 18.4 Å². The Morgan fingerprint density at radius 3 is 2.28 bits per heavy atom. The highest BCUT2D eigenvalue weighted by Crippen LogP contribution is 2.34. The Morgan fingerprint density at radius 2 is 1.78 bits per heavy atom. The summed E-state index contributed by atoms with van der Waals surface area (Å²) in [6.07, 6.45) is 0.106. The lowest BCUT2D eigenvalue weighted by Gasteiger charge is -2.14. The zero-order chi connectivity index (χ0) is 13.3. The summed E-state index contributed by atoms with van der Waals surface area (Å²) in [6.45, 7) is 6.13. The Bertz CT molecular complexity index is 539. The van der Waals surface area contributed by atoms with Gasteiger partial charge in [-0.15, -0.1) is 11.3 Å². The van der Waals surface area contributed by atoms with Crippen LogP contribution >= 0.6 is 22.9 Å². The highest BCUT2D eigenvalue weighted by Gasteiger charge is 2.17. The van der Waals surface area contributed by atoms with Crippen molar-refractivity contribution in [3.8, 4) is 0 Å². The van der Waals surface area contributed by atoms with Gasteiger partial charge in [0.15, 0.2) is 0 Å². The zero-order valence-electron chi connectivity index (χ0n) is 10.8. The lowest BCUT2D eigenvalue weighted by molar-refractivity contribution is 0.182. The topological polar surface area (TPSA) is 20.2 Å². The van der Waals surface area contributed by atoms with Gasteiger partial charge in [0, 0.05) is 6.42 Å². The van der Waals surface area contributed by atoms with Crippen molar-refractivity contribution in [2.45, 2.75) is 33.3 Å². The molecule has 0 aliphatic rings. The van der Waals surface area contributed by atoms with Crippen molar-refractivity contribution in [3.05, 3.63) is 55.7 Å².